The number of carbonyl (C=O) groups excluding carboxylic acids is 1. The molecule has 0 bridgehead atoms. The minimum Gasteiger partial charge on any atom is -0.394 e. The highest BCUT2D eigenvalue weighted by atomic mass is 16.3. The van der Waals surface area contributed by atoms with Gasteiger partial charge in [-0.15, -0.1) is 10.2 Å². The van der Waals surface area contributed by atoms with Crippen molar-refractivity contribution in [1.29, 1.82) is 0 Å². The van der Waals surface area contributed by atoms with E-state index in [2.05, 4.69) is 15.4 Å². The average molecular weight is 295 g/mol. The molecular formula is C10H13N7O4. The number of hydrogen-bond donors (Lipinski definition) is 2. The number of amides is 1. The lowest BCUT2D eigenvalue weighted by Gasteiger charge is -2.06. The molecule has 2 rings (SSSR count). The van der Waals surface area contributed by atoms with Gasteiger partial charge in [0.2, 0.25) is 0 Å². The largest absolute Gasteiger partial charge is 0.394 e. The molecule has 0 fully saturated rings. The Morgan fingerprint density at radius 3 is 2.76 bits per heavy atom. The predicted molar refractivity (Wildman–Crippen MR) is 68.5 cm³/mol. The molecule has 0 radical (unpaired) electrons. The molecule has 11 nitrogen and oxygen atoms in total. The van der Waals surface area contributed by atoms with Crippen molar-refractivity contribution in [3.05, 3.63) is 38.4 Å². The SMILES string of the molecule is Cn1c(=O)c(C(N)=O)cn(Cc2nnn(CCO)n2)c1=O. The fraction of sp³-hybridized carbons (Fsp3) is 0.400. The molecule has 112 valence electrons. The van der Waals surface area contributed by atoms with E-state index in [9.17, 15) is 14.4 Å². The van der Waals surface area contributed by atoms with Gasteiger partial charge in [-0.1, -0.05) is 0 Å². The van der Waals surface area contributed by atoms with Crippen molar-refractivity contribution in [1.82, 2.24) is 29.3 Å². The van der Waals surface area contributed by atoms with E-state index in [0.717, 1.165) is 20.1 Å². The minimum absolute atomic E-state index is 0.0847. The van der Waals surface area contributed by atoms with E-state index in [1.54, 1.807) is 0 Å². The maximum absolute atomic E-state index is 12.0. The van der Waals surface area contributed by atoms with Gasteiger partial charge >= 0.3 is 5.69 Å². The summed E-state index contributed by atoms with van der Waals surface area (Å²) in [7, 11) is 1.24. The molecular weight excluding hydrogens is 282 g/mol. The van der Waals surface area contributed by atoms with E-state index < -0.39 is 17.2 Å². The summed E-state index contributed by atoms with van der Waals surface area (Å²) in [5, 5.41) is 20.1. The highest BCUT2D eigenvalue weighted by molar-refractivity contribution is 5.92. The number of carbonyl (C=O) groups is 1. The van der Waals surface area contributed by atoms with Gasteiger partial charge in [-0.05, 0) is 5.21 Å². The first-order valence-corrected chi connectivity index (χ1v) is 5.92. The van der Waals surface area contributed by atoms with Gasteiger partial charge in [0.05, 0.1) is 19.7 Å². The van der Waals surface area contributed by atoms with Crippen LogP contribution in [0.4, 0.5) is 0 Å². The van der Waals surface area contributed by atoms with Crippen LogP contribution >= 0.6 is 0 Å². The smallest absolute Gasteiger partial charge is 0.331 e. The zero-order valence-corrected chi connectivity index (χ0v) is 11.1. The molecule has 0 atom stereocenters. The second-order valence-electron chi connectivity index (χ2n) is 4.21. The van der Waals surface area contributed by atoms with Crippen LogP contribution in [0.2, 0.25) is 0 Å². The van der Waals surface area contributed by atoms with Crippen molar-refractivity contribution in [3.8, 4) is 0 Å². The van der Waals surface area contributed by atoms with Gasteiger partial charge in [0.15, 0.2) is 5.82 Å². The van der Waals surface area contributed by atoms with Crippen LogP contribution in [-0.4, -0.2) is 47.0 Å². The van der Waals surface area contributed by atoms with Crippen molar-refractivity contribution in [2.24, 2.45) is 12.8 Å². The quantitative estimate of drug-likeness (QED) is 0.585. The third kappa shape index (κ3) is 2.86. The lowest BCUT2D eigenvalue weighted by molar-refractivity contribution is 0.0997. The van der Waals surface area contributed by atoms with Gasteiger partial charge in [0, 0.05) is 13.2 Å². The van der Waals surface area contributed by atoms with Crippen LogP contribution < -0.4 is 17.0 Å². The maximum atomic E-state index is 12.0. The number of aliphatic hydroxyl groups is 1. The summed E-state index contributed by atoms with van der Waals surface area (Å²) in [6.45, 7) is -0.0677. The Hall–Kier alpha value is -2.82. The number of hydrogen-bond acceptors (Lipinski definition) is 7. The van der Waals surface area contributed by atoms with Crippen LogP contribution in [-0.2, 0) is 20.1 Å². The van der Waals surface area contributed by atoms with Gasteiger partial charge in [0.25, 0.3) is 11.5 Å². The maximum Gasteiger partial charge on any atom is 0.331 e. The fourth-order valence-corrected chi connectivity index (χ4v) is 1.69. The van der Waals surface area contributed by atoms with Gasteiger partial charge in [-0.25, -0.2) is 4.79 Å². The second-order valence-corrected chi connectivity index (χ2v) is 4.21. The van der Waals surface area contributed by atoms with E-state index >= 15 is 0 Å². The summed E-state index contributed by atoms with van der Waals surface area (Å²) in [5.74, 6) is -0.735. The molecule has 0 spiro atoms. The topological polar surface area (TPSA) is 151 Å². The summed E-state index contributed by atoms with van der Waals surface area (Å²) in [4.78, 5) is 36.0. The summed E-state index contributed by atoms with van der Waals surface area (Å²) in [6.07, 6.45) is 1.07. The van der Waals surface area contributed by atoms with E-state index in [-0.39, 0.29) is 31.1 Å². The molecule has 2 aromatic rings. The third-order valence-electron chi connectivity index (χ3n) is 2.72. The number of nitrogens with two attached hydrogens (primary N) is 1. The van der Waals surface area contributed by atoms with Crippen LogP contribution in [0.1, 0.15) is 16.2 Å². The van der Waals surface area contributed by atoms with Gasteiger partial charge < -0.3 is 10.8 Å². The molecule has 0 aromatic carbocycles. The highest BCUT2D eigenvalue weighted by Gasteiger charge is 2.14. The standard InChI is InChI=1S/C10H13N7O4/c1-15-9(20)6(8(11)19)4-16(10(15)21)5-7-12-14-17(13-7)2-3-18/h4,18H,2-3,5H2,1H3,(H2,11,19). The van der Waals surface area contributed by atoms with Gasteiger partial charge in [-0.2, -0.15) is 4.80 Å². The van der Waals surface area contributed by atoms with Crippen LogP contribution in [0.15, 0.2) is 15.8 Å². The Kier molecular flexibility index (Phi) is 3.93. The number of nitrogens with zero attached hydrogens (tertiary/aromatic N) is 6. The normalized spacial score (nSPS) is 10.8. The first-order valence-electron chi connectivity index (χ1n) is 5.92. The number of tetrazole rings is 1. The van der Waals surface area contributed by atoms with E-state index in [4.69, 9.17) is 10.8 Å². The van der Waals surface area contributed by atoms with Crippen LogP contribution in [0.3, 0.4) is 0 Å². The lowest BCUT2D eigenvalue weighted by Crippen LogP contribution is -2.42. The summed E-state index contributed by atoms with van der Waals surface area (Å²) < 4.78 is 1.86. The summed E-state index contributed by atoms with van der Waals surface area (Å²) >= 11 is 0. The van der Waals surface area contributed by atoms with E-state index in [0.29, 0.717) is 0 Å². The Morgan fingerprint density at radius 2 is 2.14 bits per heavy atom. The molecule has 21 heavy (non-hydrogen) atoms. The molecule has 0 saturated carbocycles. The zero-order valence-electron chi connectivity index (χ0n) is 11.1. The Labute approximate surface area is 117 Å². The first kappa shape index (κ1) is 14.6. The van der Waals surface area contributed by atoms with Crippen molar-refractivity contribution >= 4 is 5.91 Å². The van der Waals surface area contributed by atoms with Crippen LogP contribution in [0.25, 0.3) is 0 Å². The molecule has 0 unspecified atom stereocenters. The highest BCUT2D eigenvalue weighted by Crippen LogP contribution is 1.93. The number of aromatic nitrogens is 6. The monoisotopic (exact) mass is 295 g/mol. The summed E-state index contributed by atoms with van der Waals surface area (Å²) in [6, 6.07) is 0. The second kappa shape index (κ2) is 5.66. The van der Waals surface area contributed by atoms with Crippen LogP contribution in [0, 0.1) is 0 Å². The lowest BCUT2D eigenvalue weighted by atomic mass is 10.3. The molecule has 11 heteroatoms. The zero-order chi connectivity index (χ0) is 15.6. The number of aliphatic hydroxyl groups excluding tert-OH is 1. The molecule has 0 aliphatic heterocycles. The van der Waals surface area contributed by atoms with Crippen molar-refractivity contribution in [3.63, 3.8) is 0 Å². The van der Waals surface area contributed by atoms with Gasteiger partial charge in [0.1, 0.15) is 5.56 Å². The molecule has 2 heterocycles. The number of primary amides is 1. The van der Waals surface area contributed by atoms with Gasteiger partial charge in [-0.3, -0.25) is 18.7 Å². The van der Waals surface area contributed by atoms with E-state index in [1.807, 2.05) is 0 Å². The van der Waals surface area contributed by atoms with E-state index in [1.165, 1.54) is 7.05 Å². The molecule has 0 saturated heterocycles. The van der Waals surface area contributed by atoms with Crippen molar-refractivity contribution in [2.45, 2.75) is 13.1 Å². The fourth-order valence-electron chi connectivity index (χ4n) is 1.69. The molecule has 0 aliphatic carbocycles. The van der Waals surface area contributed by atoms with Crippen molar-refractivity contribution < 1.29 is 9.90 Å². The van der Waals surface area contributed by atoms with Crippen LogP contribution in [0.5, 0.6) is 0 Å². The molecule has 2 aromatic heterocycles. The van der Waals surface area contributed by atoms with Crippen molar-refractivity contribution in [2.75, 3.05) is 6.61 Å². The Bertz CT molecular complexity index is 787. The Balaban J connectivity index is 2.41. The Morgan fingerprint density at radius 1 is 1.43 bits per heavy atom. The molecule has 3 N–H and O–H groups in total. The average Bonchev–Trinajstić information content (AvgIpc) is 2.87. The summed E-state index contributed by atoms with van der Waals surface area (Å²) in [5.41, 5.74) is 3.39. The molecule has 1 amide bonds. The number of rotatable bonds is 5. The minimum atomic E-state index is -0.929. The molecule has 0 aliphatic rings. The first-order chi connectivity index (χ1) is 9.93. The third-order valence-corrected chi connectivity index (χ3v) is 2.72. The predicted octanol–water partition coefficient (Wildman–Crippen LogP) is -3.33.